The first kappa shape index (κ1) is 22.8. The Kier molecular flexibility index (Phi) is 6.12. The highest BCUT2D eigenvalue weighted by Gasteiger charge is 2.65. The zero-order valence-corrected chi connectivity index (χ0v) is 17.1. The van der Waals surface area contributed by atoms with E-state index in [1.165, 1.54) is 30.3 Å². The Morgan fingerprint density at radius 1 is 1.19 bits per heavy atom. The molecule has 1 aliphatic carbocycles. The van der Waals surface area contributed by atoms with E-state index in [2.05, 4.69) is 0 Å². The molecule has 0 aromatic heterocycles. The number of halogens is 1. The molecular formula is C20H20FNO8S. The largest absolute Gasteiger partial charge is 0.485 e. The number of hydrogen-bond donors (Lipinski definition) is 2. The second kappa shape index (κ2) is 8.33. The quantitative estimate of drug-likeness (QED) is 0.365. The van der Waals surface area contributed by atoms with Gasteiger partial charge in [0, 0.05) is 23.8 Å². The van der Waals surface area contributed by atoms with Crippen molar-refractivity contribution in [2.45, 2.75) is 41.4 Å². The summed E-state index contributed by atoms with van der Waals surface area (Å²) in [6.45, 7) is 0.873. The van der Waals surface area contributed by atoms with Crippen molar-refractivity contribution < 1.29 is 37.5 Å². The fourth-order valence-electron chi connectivity index (χ4n) is 3.76. The number of rotatable bonds is 7. The Bertz CT molecular complexity index is 1090. The van der Waals surface area contributed by atoms with Crippen molar-refractivity contribution in [1.29, 1.82) is 0 Å². The summed E-state index contributed by atoms with van der Waals surface area (Å²) in [6.07, 6.45) is -4.85. The number of aliphatic hydroxyl groups is 2. The van der Waals surface area contributed by atoms with Crippen LogP contribution in [0.4, 0.5) is 4.39 Å². The molecule has 166 valence electrons. The minimum Gasteiger partial charge on any atom is -0.485 e. The molecule has 0 aliphatic heterocycles. The number of nitro groups is 1. The summed E-state index contributed by atoms with van der Waals surface area (Å²) >= 11 is 0. The topological polar surface area (TPSA) is 144 Å². The van der Waals surface area contributed by atoms with Gasteiger partial charge in [-0.05, 0) is 30.3 Å². The Hall–Kier alpha value is -2.89. The van der Waals surface area contributed by atoms with Crippen molar-refractivity contribution in [3.8, 4) is 5.75 Å². The van der Waals surface area contributed by atoms with Gasteiger partial charge in [0.25, 0.3) is 0 Å². The van der Waals surface area contributed by atoms with E-state index in [0.29, 0.717) is 6.29 Å². The van der Waals surface area contributed by atoms with Crippen LogP contribution in [0, 0.1) is 21.8 Å². The maximum atomic E-state index is 14.2. The molecule has 2 N–H and O–H groups in total. The summed E-state index contributed by atoms with van der Waals surface area (Å²) in [4.78, 5) is 18.7. The monoisotopic (exact) mass is 453 g/mol. The summed E-state index contributed by atoms with van der Waals surface area (Å²) in [5.41, 5.74) is 0.0459. The molecule has 0 spiro atoms. The van der Waals surface area contributed by atoms with E-state index in [0.717, 1.165) is 19.1 Å². The summed E-state index contributed by atoms with van der Waals surface area (Å²) in [5.74, 6) is -2.81. The number of carbonyl (C=O) groups excluding carboxylic acids is 1. The lowest BCUT2D eigenvalue weighted by molar-refractivity contribution is -0.548. The van der Waals surface area contributed by atoms with E-state index in [1.54, 1.807) is 6.07 Å². The van der Waals surface area contributed by atoms with Crippen LogP contribution in [-0.4, -0.2) is 53.0 Å². The molecule has 1 saturated carbocycles. The number of nitrogens with zero attached hydrogens (tertiary/aromatic N) is 1. The van der Waals surface area contributed by atoms with Crippen LogP contribution >= 0.6 is 0 Å². The minimum atomic E-state index is -4.59. The minimum absolute atomic E-state index is 0.0459. The lowest BCUT2D eigenvalue weighted by atomic mass is 9.97. The average Bonchev–Trinajstić information content (AvgIpc) is 3.03. The average molecular weight is 453 g/mol. The third-order valence-corrected chi connectivity index (χ3v) is 8.08. The lowest BCUT2D eigenvalue weighted by Crippen LogP contribution is -2.53. The smallest absolute Gasteiger partial charge is 0.326 e. The molecule has 3 rings (SSSR count). The normalized spacial score (nSPS) is 25.5. The molecule has 0 bridgehead atoms. The van der Waals surface area contributed by atoms with Crippen molar-refractivity contribution in [1.82, 2.24) is 0 Å². The van der Waals surface area contributed by atoms with Crippen LogP contribution in [0.15, 0.2) is 53.4 Å². The van der Waals surface area contributed by atoms with Gasteiger partial charge in [-0.2, -0.15) is 0 Å². The van der Waals surface area contributed by atoms with Gasteiger partial charge in [0.1, 0.15) is 18.5 Å². The number of benzene rings is 2. The first-order valence-electron chi connectivity index (χ1n) is 9.25. The van der Waals surface area contributed by atoms with E-state index >= 15 is 0 Å². The third kappa shape index (κ3) is 3.80. The number of ether oxygens (including phenoxy) is 1. The molecule has 2 aromatic carbocycles. The molecule has 1 aliphatic rings. The molecule has 31 heavy (non-hydrogen) atoms. The van der Waals surface area contributed by atoms with E-state index in [-0.39, 0.29) is 16.2 Å². The highest BCUT2D eigenvalue weighted by Crippen LogP contribution is 2.43. The van der Waals surface area contributed by atoms with Crippen LogP contribution in [0.2, 0.25) is 0 Å². The molecule has 1 unspecified atom stereocenters. The number of aldehydes is 1. The zero-order chi connectivity index (χ0) is 23.0. The number of aliphatic hydroxyl groups excluding tert-OH is 2. The molecule has 0 radical (unpaired) electrons. The molecular weight excluding hydrogens is 433 g/mol. The maximum absolute atomic E-state index is 14.2. The van der Waals surface area contributed by atoms with Crippen molar-refractivity contribution in [2.75, 3.05) is 0 Å². The van der Waals surface area contributed by atoms with E-state index in [1.807, 2.05) is 0 Å². The molecule has 1 fully saturated rings. The zero-order valence-electron chi connectivity index (χ0n) is 16.3. The SMILES string of the molecule is CC([C@H]1C[C@@H](Oc2ccc(C=O)cc2F)[C@H](O)[C@@H]1O)([N+](=O)[O-])S(=O)(=O)c1ccccc1. The van der Waals surface area contributed by atoms with Crippen LogP contribution < -0.4 is 4.74 Å². The predicted molar refractivity (Wildman–Crippen MR) is 105 cm³/mol. The van der Waals surface area contributed by atoms with Crippen LogP contribution in [0.25, 0.3) is 0 Å². The van der Waals surface area contributed by atoms with Crippen LogP contribution in [0.5, 0.6) is 5.75 Å². The predicted octanol–water partition coefficient (Wildman–Crippen LogP) is 1.59. The Morgan fingerprint density at radius 3 is 2.39 bits per heavy atom. The molecule has 9 nitrogen and oxygen atoms in total. The molecule has 11 heteroatoms. The second-order valence-corrected chi connectivity index (χ2v) is 9.72. The molecule has 5 atom stereocenters. The van der Waals surface area contributed by atoms with E-state index in [9.17, 15) is 37.9 Å². The number of sulfone groups is 1. The fourth-order valence-corrected chi connectivity index (χ4v) is 5.58. The van der Waals surface area contributed by atoms with E-state index < -0.39 is 56.1 Å². The van der Waals surface area contributed by atoms with Crippen molar-refractivity contribution in [2.24, 2.45) is 5.92 Å². The maximum Gasteiger partial charge on any atom is 0.326 e. The highest BCUT2D eigenvalue weighted by molar-refractivity contribution is 7.92. The third-order valence-electron chi connectivity index (χ3n) is 5.65. The Balaban J connectivity index is 1.96. The van der Waals surface area contributed by atoms with Gasteiger partial charge < -0.3 is 14.9 Å². The molecule has 0 heterocycles. The summed E-state index contributed by atoms with van der Waals surface area (Å²) in [7, 11) is -4.59. The van der Waals surface area contributed by atoms with Gasteiger partial charge in [0.05, 0.1) is 16.9 Å². The second-order valence-electron chi connectivity index (χ2n) is 7.42. The number of hydrogen-bond acceptors (Lipinski definition) is 8. The Labute approximate surface area is 177 Å². The van der Waals surface area contributed by atoms with Gasteiger partial charge in [0.2, 0.25) is 9.84 Å². The van der Waals surface area contributed by atoms with Crippen molar-refractivity contribution in [3.63, 3.8) is 0 Å². The fraction of sp³-hybridized carbons (Fsp3) is 0.350. The molecule has 0 amide bonds. The van der Waals surface area contributed by atoms with Crippen LogP contribution in [0.3, 0.4) is 0 Å². The summed E-state index contributed by atoms with van der Waals surface area (Å²) < 4.78 is 45.9. The molecule has 2 aromatic rings. The van der Waals surface area contributed by atoms with Gasteiger partial charge in [-0.15, -0.1) is 0 Å². The van der Waals surface area contributed by atoms with Gasteiger partial charge in [-0.1, -0.05) is 18.2 Å². The summed E-state index contributed by atoms with van der Waals surface area (Å²) in [6, 6.07) is 10.1. The Morgan fingerprint density at radius 2 is 1.84 bits per heavy atom. The lowest BCUT2D eigenvalue weighted by Gasteiger charge is -2.29. The van der Waals surface area contributed by atoms with Gasteiger partial charge in [-0.25, -0.2) is 12.8 Å². The van der Waals surface area contributed by atoms with Gasteiger partial charge in [-0.3, -0.25) is 14.9 Å². The van der Waals surface area contributed by atoms with Crippen molar-refractivity contribution >= 4 is 16.1 Å². The first-order valence-corrected chi connectivity index (χ1v) is 10.7. The van der Waals surface area contributed by atoms with E-state index in [4.69, 9.17) is 4.74 Å². The van der Waals surface area contributed by atoms with Gasteiger partial charge in [0.15, 0.2) is 11.6 Å². The highest BCUT2D eigenvalue weighted by atomic mass is 32.2. The van der Waals surface area contributed by atoms with Crippen molar-refractivity contribution in [3.05, 3.63) is 70.0 Å². The van der Waals surface area contributed by atoms with Gasteiger partial charge >= 0.3 is 4.87 Å². The van der Waals surface area contributed by atoms with Crippen LogP contribution in [-0.2, 0) is 9.84 Å². The van der Waals surface area contributed by atoms with Crippen LogP contribution in [0.1, 0.15) is 23.7 Å². The standard InChI is InChI=1S/C20H20FNO8S/c1-20(22(26)27,31(28,29)13-5-3-2-4-6-13)14-10-17(19(25)18(14)24)30-16-8-7-12(11-23)9-15(16)21/h2-9,11,14,17-19,24-25H,10H2,1H3/t14-,17+,18+,19-,20?/m0/s1. The molecule has 0 saturated heterocycles. The first-order chi connectivity index (χ1) is 14.5. The summed E-state index contributed by atoms with van der Waals surface area (Å²) in [5, 5.41) is 32.9. The number of carbonyl (C=O) groups is 1.